The zero-order valence-electron chi connectivity index (χ0n) is 7.28. The lowest BCUT2D eigenvalue weighted by Gasteiger charge is -1.90. The molecule has 1 N–H and O–H groups in total. The fourth-order valence-corrected chi connectivity index (χ4v) is 2.65. The summed E-state index contributed by atoms with van der Waals surface area (Å²) in [6.45, 7) is 0.857. The normalized spacial score (nSPS) is 10.5. The molecule has 0 atom stereocenters. The maximum Gasteiger partial charge on any atom is 0.107 e. The summed E-state index contributed by atoms with van der Waals surface area (Å²) in [4.78, 5) is 5.76. The van der Waals surface area contributed by atoms with Crippen LogP contribution in [-0.2, 0) is 6.54 Å². The average Bonchev–Trinajstić information content (AvgIpc) is 2.70. The number of hydrogen-bond acceptors (Lipinski definition) is 4. The zero-order valence-corrected chi connectivity index (χ0v) is 8.91. The lowest BCUT2D eigenvalue weighted by molar-refractivity contribution is 0.811. The van der Waals surface area contributed by atoms with Crippen LogP contribution >= 0.6 is 22.7 Å². The fraction of sp³-hybridized carbons (Fsp3) is 0.222. The van der Waals surface area contributed by atoms with Gasteiger partial charge in [0.05, 0.1) is 10.6 Å². The van der Waals surface area contributed by atoms with Gasteiger partial charge in [0.1, 0.15) is 5.01 Å². The van der Waals surface area contributed by atoms with Crippen LogP contribution in [0.25, 0.3) is 10.6 Å². The molecule has 0 spiro atoms. The number of hydrogen-bond donors (Lipinski definition) is 1. The number of thiophene rings is 1. The van der Waals surface area contributed by atoms with E-state index in [-0.39, 0.29) is 0 Å². The van der Waals surface area contributed by atoms with Crippen LogP contribution in [0.2, 0.25) is 0 Å². The Morgan fingerprint density at radius 1 is 1.46 bits per heavy atom. The Morgan fingerprint density at radius 2 is 2.38 bits per heavy atom. The van der Waals surface area contributed by atoms with Crippen molar-refractivity contribution in [3.05, 3.63) is 27.9 Å². The summed E-state index contributed by atoms with van der Waals surface area (Å²) in [6, 6.07) is 4.15. The predicted octanol–water partition coefficient (Wildman–Crippen LogP) is 2.59. The number of nitrogens with zero attached hydrogens (tertiary/aromatic N) is 1. The minimum absolute atomic E-state index is 0.857. The molecule has 0 radical (unpaired) electrons. The van der Waals surface area contributed by atoms with Crippen molar-refractivity contribution in [2.75, 3.05) is 7.05 Å². The van der Waals surface area contributed by atoms with Gasteiger partial charge in [-0.2, -0.15) is 0 Å². The quantitative estimate of drug-likeness (QED) is 0.842. The second kappa shape index (κ2) is 4.00. The highest BCUT2D eigenvalue weighted by atomic mass is 32.1. The summed E-state index contributed by atoms with van der Waals surface area (Å²) in [6.07, 6.45) is 0. The molecule has 0 aliphatic carbocycles. The monoisotopic (exact) mass is 210 g/mol. The van der Waals surface area contributed by atoms with E-state index >= 15 is 0 Å². The summed E-state index contributed by atoms with van der Waals surface area (Å²) < 4.78 is 0. The van der Waals surface area contributed by atoms with Crippen LogP contribution < -0.4 is 5.32 Å². The number of nitrogens with one attached hydrogen (secondary N) is 1. The molecule has 2 rings (SSSR count). The molecule has 4 heteroatoms. The molecule has 0 saturated heterocycles. The van der Waals surface area contributed by atoms with Gasteiger partial charge in [-0.05, 0) is 18.5 Å². The van der Waals surface area contributed by atoms with Gasteiger partial charge in [-0.25, -0.2) is 4.98 Å². The molecular weight excluding hydrogens is 200 g/mol. The van der Waals surface area contributed by atoms with Crippen LogP contribution in [0.1, 0.15) is 5.01 Å². The van der Waals surface area contributed by atoms with Gasteiger partial charge in [-0.1, -0.05) is 6.07 Å². The first kappa shape index (κ1) is 8.87. The zero-order chi connectivity index (χ0) is 9.10. The summed E-state index contributed by atoms with van der Waals surface area (Å²) in [5.41, 5.74) is 1.10. The molecule has 2 heterocycles. The van der Waals surface area contributed by atoms with Crippen LogP contribution in [0.4, 0.5) is 0 Å². The second-order valence-electron chi connectivity index (χ2n) is 2.63. The summed E-state index contributed by atoms with van der Waals surface area (Å²) >= 11 is 3.44. The van der Waals surface area contributed by atoms with Gasteiger partial charge in [-0.3, -0.25) is 0 Å². The summed E-state index contributed by atoms with van der Waals surface area (Å²) in [7, 11) is 1.94. The Hall–Kier alpha value is -0.710. The van der Waals surface area contributed by atoms with Crippen molar-refractivity contribution >= 4 is 22.7 Å². The van der Waals surface area contributed by atoms with Crippen molar-refractivity contribution in [1.29, 1.82) is 0 Å². The van der Waals surface area contributed by atoms with E-state index in [1.807, 2.05) is 7.05 Å². The van der Waals surface area contributed by atoms with Crippen molar-refractivity contribution < 1.29 is 0 Å². The second-order valence-corrected chi connectivity index (χ2v) is 4.52. The van der Waals surface area contributed by atoms with Crippen molar-refractivity contribution in [2.24, 2.45) is 0 Å². The minimum Gasteiger partial charge on any atom is -0.314 e. The first-order valence-corrected chi connectivity index (χ1v) is 5.79. The Bertz CT molecular complexity index is 365. The maximum atomic E-state index is 4.51. The van der Waals surface area contributed by atoms with E-state index in [0.717, 1.165) is 17.2 Å². The third kappa shape index (κ3) is 1.96. The summed E-state index contributed by atoms with van der Waals surface area (Å²) in [5, 5.41) is 8.42. The van der Waals surface area contributed by atoms with E-state index in [4.69, 9.17) is 0 Å². The van der Waals surface area contributed by atoms with E-state index in [2.05, 4.69) is 33.2 Å². The van der Waals surface area contributed by atoms with Gasteiger partial charge in [0.2, 0.25) is 0 Å². The molecule has 2 nitrogen and oxygen atoms in total. The van der Waals surface area contributed by atoms with Crippen LogP contribution in [0, 0.1) is 0 Å². The van der Waals surface area contributed by atoms with E-state index in [0.29, 0.717) is 0 Å². The lowest BCUT2D eigenvalue weighted by Crippen LogP contribution is -2.04. The van der Waals surface area contributed by atoms with E-state index in [9.17, 15) is 0 Å². The largest absolute Gasteiger partial charge is 0.314 e. The smallest absolute Gasteiger partial charge is 0.107 e. The molecule has 2 aromatic rings. The Kier molecular flexibility index (Phi) is 2.73. The third-order valence-corrected chi connectivity index (χ3v) is 3.39. The highest BCUT2D eigenvalue weighted by Gasteiger charge is 2.03. The Labute approximate surface area is 85.3 Å². The van der Waals surface area contributed by atoms with Gasteiger partial charge in [0, 0.05) is 11.9 Å². The molecule has 0 amide bonds. The highest BCUT2D eigenvalue weighted by Crippen LogP contribution is 2.25. The SMILES string of the molecule is CNCc1nc(-c2cccs2)cs1. The lowest BCUT2D eigenvalue weighted by atomic mass is 10.4. The van der Waals surface area contributed by atoms with Crippen molar-refractivity contribution in [2.45, 2.75) is 6.54 Å². The molecule has 13 heavy (non-hydrogen) atoms. The third-order valence-electron chi connectivity index (χ3n) is 1.65. The number of aromatic nitrogens is 1. The first-order valence-electron chi connectivity index (χ1n) is 4.03. The number of thiazole rings is 1. The molecule has 2 aromatic heterocycles. The Balaban J connectivity index is 2.23. The minimum atomic E-state index is 0.857. The standard InChI is InChI=1S/C9H10N2S2/c1-10-5-9-11-7(6-13-9)8-3-2-4-12-8/h2-4,6,10H,5H2,1H3. The topological polar surface area (TPSA) is 24.9 Å². The molecule has 0 aliphatic heterocycles. The fourth-order valence-electron chi connectivity index (χ4n) is 1.08. The maximum absolute atomic E-state index is 4.51. The van der Waals surface area contributed by atoms with Crippen LogP contribution in [-0.4, -0.2) is 12.0 Å². The van der Waals surface area contributed by atoms with Crippen LogP contribution in [0.3, 0.4) is 0 Å². The highest BCUT2D eigenvalue weighted by molar-refractivity contribution is 7.14. The molecule has 0 unspecified atom stereocenters. The predicted molar refractivity (Wildman–Crippen MR) is 58.2 cm³/mol. The van der Waals surface area contributed by atoms with Crippen LogP contribution in [0.15, 0.2) is 22.9 Å². The molecule has 0 fully saturated rings. The molecule has 68 valence electrons. The molecular formula is C9H10N2S2. The van der Waals surface area contributed by atoms with Gasteiger partial charge in [-0.15, -0.1) is 22.7 Å². The van der Waals surface area contributed by atoms with Crippen molar-refractivity contribution in [1.82, 2.24) is 10.3 Å². The van der Waals surface area contributed by atoms with E-state index in [1.54, 1.807) is 22.7 Å². The Morgan fingerprint density at radius 3 is 3.08 bits per heavy atom. The van der Waals surface area contributed by atoms with Gasteiger partial charge in [0.15, 0.2) is 0 Å². The van der Waals surface area contributed by atoms with Gasteiger partial charge >= 0.3 is 0 Å². The average molecular weight is 210 g/mol. The summed E-state index contributed by atoms with van der Waals surface area (Å²) in [5.74, 6) is 0. The van der Waals surface area contributed by atoms with Crippen molar-refractivity contribution in [3.63, 3.8) is 0 Å². The molecule has 0 aromatic carbocycles. The molecule has 0 aliphatic rings. The molecule has 0 saturated carbocycles. The van der Waals surface area contributed by atoms with E-state index in [1.165, 1.54) is 4.88 Å². The van der Waals surface area contributed by atoms with Crippen molar-refractivity contribution in [3.8, 4) is 10.6 Å². The van der Waals surface area contributed by atoms with E-state index < -0.39 is 0 Å². The van der Waals surface area contributed by atoms with Crippen LogP contribution in [0.5, 0.6) is 0 Å². The van der Waals surface area contributed by atoms with Gasteiger partial charge in [0.25, 0.3) is 0 Å². The first-order chi connectivity index (χ1) is 6.40. The van der Waals surface area contributed by atoms with Gasteiger partial charge < -0.3 is 5.32 Å². The molecule has 0 bridgehead atoms. The number of rotatable bonds is 3.